The summed E-state index contributed by atoms with van der Waals surface area (Å²) >= 11 is 0. The molecule has 0 radical (unpaired) electrons. The van der Waals surface area contributed by atoms with E-state index in [1.807, 2.05) is 48.5 Å². The van der Waals surface area contributed by atoms with Gasteiger partial charge in [-0.3, -0.25) is 9.69 Å². The highest BCUT2D eigenvalue weighted by Crippen LogP contribution is 2.31. The molecule has 5 N–H and O–H groups in total. The summed E-state index contributed by atoms with van der Waals surface area (Å²) in [7, 11) is 0. The minimum atomic E-state index is -0.884. The molecule has 0 aliphatic carbocycles. The molecule has 1 aromatic heterocycles. The smallest absolute Gasteiger partial charge is 0.408 e. The van der Waals surface area contributed by atoms with Gasteiger partial charge in [-0.25, -0.2) is 14.0 Å². The number of aromatic nitrogens is 1. The number of H-pyrrole nitrogens is 1. The number of phenols is 1. The van der Waals surface area contributed by atoms with E-state index in [9.17, 15) is 29.0 Å². The van der Waals surface area contributed by atoms with Gasteiger partial charge in [0.25, 0.3) is 0 Å². The second kappa shape index (κ2) is 18.5. The molecule has 8 rings (SSSR count). The molecule has 13 heteroatoms. The van der Waals surface area contributed by atoms with E-state index < -0.39 is 30.0 Å². The zero-order chi connectivity index (χ0) is 39.7. The van der Waals surface area contributed by atoms with Gasteiger partial charge in [0.1, 0.15) is 30.0 Å². The largest absolute Gasteiger partial charge is 0.506 e. The average Bonchev–Trinajstić information content (AvgIpc) is 3.22. The van der Waals surface area contributed by atoms with Gasteiger partial charge < -0.3 is 40.0 Å². The summed E-state index contributed by atoms with van der Waals surface area (Å²) in [6, 6.07) is 26.4. The second-order valence-corrected chi connectivity index (χ2v) is 14.6. The molecule has 3 atom stereocenters. The van der Waals surface area contributed by atoms with Gasteiger partial charge in [0.05, 0.1) is 29.8 Å². The number of carbonyl (C=O) groups excluding carboxylic acids is 2. The summed E-state index contributed by atoms with van der Waals surface area (Å²) in [5.41, 5.74) is 2.66. The summed E-state index contributed by atoms with van der Waals surface area (Å²) in [4.78, 5) is 42.7. The zero-order valence-electron chi connectivity index (χ0n) is 31.5. The van der Waals surface area contributed by atoms with E-state index in [1.54, 1.807) is 24.3 Å². The number of pyridine rings is 1. The maximum absolute atomic E-state index is 14.7. The molecule has 57 heavy (non-hydrogen) atoms. The topological polar surface area (TPSA) is 162 Å². The van der Waals surface area contributed by atoms with Crippen molar-refractivity contribution in [2.45, 2.75) is 50.5 Å². The van der Waals surface area contributed by atoms with Gasteiger partial charge in [-0.05, 0) is 116 Å². The number of alkyl carbamates (subject to hydrolysis) is 1. The number of rotatable bonds is 16. The van der Waals surface area contributed by atoms with E-state index in [1.165, 1.54) is 18.2 Å². The van der Waals surface area contributed by atoms with Crippen LogP contribution in [0, 0.1) is 11.7 Å². The lowest BCUT2D eigenvalue weighted by Crippen LogP contribution is -2.52. The van der Waals surface area contributed by atoms with Crippen molar-refractivity contribution in [3.05, 3.63) is 141 Å². The maximum atomic E-state index is 14.7. The number of phenolic OH excluding ortho intramolecular Hbond substituents is 1. The minimum Gasteiger partial charge on any atom is -0.506 e. The minimum absolute atomic E-state index is 0.0120. The molecule has 3 aliphatic rings. The van der Waals surface area contributed by atoms with Crippen LogP contribution in [0.5, 0.6) is 11.5 Å². The lowest BCUT2D eigenvalue weighted by atomic mass is 9.86. The molecule has 5 aromatic rings. The second-order valence-electron chi connectivity index (χ2n) is 14.6. The number of ether oxygens (including phenoxy) is 3. The van der Waals surface area contributed by atoms with E-state index in [-0.39, 0.29) is 48.3 Å². The Labute approximate surface area is 329 Å². The molecule has 0 spiro atoms. The first kappa shape index (κ1) is 39.5. The van der Waals surface area contributed by atoms with Crippen molar-refractivity contribution in [2.24, 2.45) is 5.92 Å². The van der Waals surface area contributed by atoms with Crippen LogP contribution in [0.15, 0.2) is 102 Å². The Balaban J connectivity index is 0.883. The quantitative estimate of drug-likeness (QED) is 0.0583. The normalized spacial score (nSPS) is 18.5. The summed E-state index contributed by atoms with van der Waals surface area (Å²) in [6.07, 6.45) is 1.78. The van der Waals surface area contributed by atoms with Gasteiger partial charge in [0.2, 0.25) is 5.56 Å². The third kappa shape index (κ3) is 10.2. The molecule has 3 fully saturated rings. The Kier molecular flexibility index (Phi) is 12.8. The molecule has 298 valence electrons. The number of nitrogens with zero attached hydrogens (tertiary/aromatic N) is 1. The number of halogens is 1. The highest BCUT2D eigenvalue weighted by atomic mass is 19.1. The lowest BCUT2D eigenvalue weighted by molar-refractivity contribution is -0.0336. The van der Waals surface area contributed by atoms with Crippen molar-refractivity contribution in [3.8, 4) is 11.5 Å². The number of nitrogens with one attached hydrogen (secondary N) is 3. The number of aliphatic hydroxyl groups is 1. The maximum Gasteiger partial charge on any atom is 0.408 e. The molecular formula is C44H47FN4O8. The standard InChI is InChI=1S/C44H47FN4O8/c45-33-22-28(21-32(23-33)43(53)55-20-5-4-17-46-25-38(51)35-11-13-37(50)42-36(35)12-14-40(52)47-42)27-56-34-10-6-9-31(24-34)41(30-7-2-1-3-8-30)48-44(54)57-39-26-49-18-15-29(39)16-19-49/h1-3,6-14,21-24,29,38-39,41,46,50-51H,4-5,15-20,25-27H2,(H,47,52)(H,48,54)/t38?,39-,41?/m0/s1. The van der Waals surface area contributed by atoms with Crippen LogP contribution < -0.4 is 20.9 Å². The van der Waals surface area contributed by atoms with Gasteiger partial charge in [-0.15, -0.1) is 0 Å². The van der Waals surface area contributed by atoms with Crippen LogP contribution in [0.4, 0.5) is 9.18 Å². The number of aromatic amines is 1. The molecule has 1 amide bonds. The number of fused-ring (bicyclic) bond motifs is 4. The average molecular weight is 779 g/mol. The van der Waals surface area contributed by atoms with Crippen LogP contribution >= 0.6 is 0 Å². The monoisotopic (exact) mass is 778 g/mol. The summed E-state index contributed by atoms with van der Waals surface area (Å²) in [6.45, 7) is 3.75. The third-order valence-corrected chi connectivity index (χ3v) is 10.6. The van der Waals surface area contributed by atoms with Crippen LogP contribution in [-0.4, -0.2) is 77.6 Å². The Morgan fingerprint density at radius 1 is 0.930 bits per heavy atom. The molecule has 2 unspecified atom stereocenters. The van der Waals surface area contributed by atoms with E-state index in [0.29, 0.717) is 47.6 Å². The lowest BCUT2D eigenvalue weighted by Gasteiger charge is -2.43. The Morgan fingerprint density at radius 3 is 2.53 bits per heavy atom. The molecule has 12 nitrogen and oxygen atoms in total. The van der Waals surface area contributed by atoms with Crippen molar-refractivity contribution in [1.82, 2.24) is 20.5 Å². The van der Waals surface area contributed by atoms with Gasteiger partial charge in [0, 0.05) is 24.5 Å². The number of carbonyl (C=O) groups is 2. The number of aliphatic hydroxyl groups excluding tert-OH is 1. The highest BCUT2D eigenvalue weighted by molar-refractivity contribution is 5.89. The first-order valence-corrected chi connectivity index (χ1v) is 19.4. The third-order valence-electron chi connectivity index (χ3n) is 10.6. The van der Waals surface area contributed by atoms with Crippen LogP contribution in [-0.2, 0) is 16.1 Å². The molecule has 4 heterocycles. The summed E-state index contributed by atoms with van der Waals surface area (Å²) < 4.78 is 32.1. The van der Waals surface area contributed by atoms with Crippen LogP contribution in [0.25, 0.3) is 10.9 Å². The zero-order valence-corrected chi connectivity index (χ0v) is 31.5. The number of piperidine rings is 3. The summed E-state index contributed by atoms with van der Waals surface area (Å²) in [5, 5.41) is 27.6. The van der Waals surface area contributed by atoms with E-state index in [0.717, 1.165) is 49.7 Å². The molecular weight excluding hydrogens is 732 g/mol. The van der Waals surface area contributed by atoms with Gasteiger partial charge >= 0.3 is 12.1 Å². The number of aromatic hydroxyl groups is 1. The van der Waals surface area contributed by atoms with Crippen molar-refractivity contribution in [1.29, 1.82) is 0 Å². The SMILES string of the molecule is O=C(NC(c1ccccc1)c1cccc(OCc2cc(F)cc(C(=O)OCCCCNCC(O)c3ccc(O)c4[nH]c(=O)ccc34)c2)c1)O[C@H]1CN2CCC1CC2. The summed E-state index contributed by atoms with van der Waals surface area (Å²) in [5.74, 6) is -0.436. The van der Waals surface area contributed by atoms with E-state index >= 15 is 0 Å². The first-order chi connectivity index (χ1) is 27.7. The van der Waals surface area contributed by atoms with Crippen molar-refractivity contribution in [3.63, 3.8) is 0 Å². The number of hydrogen-bond acceptors (Lipinski definition) is 10. The first-order valence-electron chi connectivity index (χ1n) is 19.4. The van der Waals surface area contributed by atoms with Crippen molar-refractivity contribution >= 4 is 23.0 Å². The predicted octanol–water partition coefficient (Wildman–Crippen LogP) is 6.12. The predicted molar refractivity (Wildman–Crippen MR) is 212 cm³/mol. The Morgan fingerprint density at radius 2 is 1.74 bits per heavy atom. The van der Waals surface area contributed by atoms with Gasteiger partial charge in [-0.2, -0.15) is 0 Å². The van der Waals surface area contributed by atoms with Gasteiger partial charge in [0.15, 0.2) is 0 Å². The number of esters is 1. The number of amides is 1. The van der Waals surface area contributed by atoms with E-state index in [2.05, 4.69) is 20.5 Å². The van der Waals surface area contributed by atoms with Crippen LogP contribution in [0.3, 0.4) is 0 Å². The fourth-order valence-electron chi connectivity index (χ4n) is 7.64. The molecule has 0 saturated carbocycles. The van der Waals surface area contributed by atoms with Crippen LogP contribution in [0.2, 0.25) is 0 Å². The van der Waals surface area contributed by atoms with Crippen molar-refractivity contribution < 1.29 is 38.4 Å². The number of hydrogen-bond donors (Lipinski definition) is 5. The molecule has 3 saturated heterocycles. The Bertz CT molecular complexity index is 2230. The van der Waals surface area contributed by atoms with Gasteiger partial charge in [-0.1, -0.05) is 48.5 Å². The Hall–Kier alpha value is -5.76. The highest BCUT2D eigenvalue weighted by Gasteiger charge is 2.37. The molecule has 2 bridgehead atoms. The fourth-order valence-corrected chi connectivity index (χ4v) is 7.64. The number of benzene rings is 4. The fraction of sp³-hybridized carbons (Fsp3) is 0.341. The number of unbranched alkanes of at least 4 members (excludes halogenated alkanes) is 1. The van der Waals surface area contributed by atoms with Crippen LogP contribution in [0.1, 0.15) is 70.4 Å². The van der Waals surface area contributed by atoms with Crippen molar-refractivity contribution in [2.75, 3.05) is 39.3 Å². The molecule has 3 aliphatic heterocycles. The molecule has 4 aromatic carbocycles. The van der Waals surface area contributed by atoms with E-state index in [4.69, 9.17) is 14.2 Å².